The van der Waals surface area contributed by atoms with Gasteiger partial charge in [-0.05, 0) is 38.4 Å². The number of thiazole rings is 1. The van der Waals surface area contributed by atoms with Gasteiger partial charge in [-0.25, -0.2) is 4.98 Å². The lowest BCUT2D eigenvalue weighted by Crippen LogP contribution is -2.50. The second-order valence-corrected chi connectivity index (χ2v) is 9.67. The van der Waals surface area contributed by atoms with Gasteiger partial charge in [0, 0.05) is 48.8 Å². The van der Waals surface area contributed by atoms with Gasteiger partial charge >= 0.3 is 0 Å². The van der Waals surface area contributed by atoms with Crippen LogP contribution in [0.25, 0.3) is 10.9 Å². The third-order valence-electron chi connectivity index (χ3n) is 6.33. The minimum absolute atomic E-state index is 0.00753. The first-order valence-corrected chi connectivity index (χ1v) is 12.1. The topological polar surface area (TPSA) is 64.3 Å². The van der Waals surface area contributed by atoms with Gasteiger partial charge in [0.25, 0.3) is 5.91 Å². The van der Waals surface area contributed by atoms with Crippen LogP contribution in [0.1, 0.15) is 48.3 Å². The molecule has 0 spiro atoms. The number of carbonyl (C=O) groups excluding carboxylic acids is 1. The maximum atomic E-state index is 13.0. The fraction of sp³-hybridized carbons (Fsp3) is 0.500. The van der Waals surface area contributed by atoms with Crippen LogP contribution in [0.5, 0.6) is 0 Å². The second-order valence-electron chi connectivity index (χ2n) is 8.66. The number of para-hydroxylation sites is 1. The summed E-state index contributed by atoms with van der Waals surface area (Å²) < 4.78 is 0. The Morgan fingerprint density at radius 3 is 3.00 bits per heavy atom. The quantitative estimate of drug-likeness (QED) is 0.549. The molecule has 4 rings (SSSR count). The summed E-state index contributed by atoms with van der Waals surface area (Å²) in [5.74, 6) is -0.00753. The van der Waals surface area contributed by atoms with E-state index < -0.39 is 0 Å². The number of aromatic nitrogens is 2. The number of rotatable bonds is 8. The van der Waals surface area contributed by atoms with Crippen molar-refractivity contribution in [3.05, 3.63) is 47.1 Å². The zero-order chi connectivity index (χ0) is 21.8. The SMILES string of the molecule is CCCCC(Cc1c[nH]c2ccccc12)NC(=O)c1cnc(N2CCN(C)C(C)C2)s1. The average molecular weight is 440 g/mol. The van der Waals surface area contributed by atoms with E-state index in [-0.39, 0.29) is 11.9 Å². The van der Waals surface area contributed by atoms with Crippen LogP contribution in [0, 0.1) is 0 Å². The number of hydrogen-bond donors (Lipinski definition) is 2. The minimum atomic E-state index is -0.00753. The van der Waals surface area contributed by atoms with E-state index in [0.717, 1.165) is 56.0 Å². The molecule has 0 bridgehead atoms. The number of likely N-dealkylation sites (N-methyl/N-ethyl adjacent to an activating group) is 1. The number of fused-ring (bicyclic) bond motifs is 1. The number of unbranched alkanes of at least 4 members (excludes halogenated alkanes) is 1. The lowest BCUT2D eigenvalue weighted by atomic mass is 10.0. The van der Waals surface area contributed by atoms with Crippen LogP contribution in [0.3, 0.4) is 0 Å². The largest absolute Gasteiger partial charge is 0.361 e. The minimum Gasteiger partial charge on any atom is -0.361 e. The molecule has 1 aliphatic rings. The van der Waals surface area contributed by atoms with Gasteiger partial charge in [-0.3, -0.25) is 4.79 Å². The lowest BCUT2D eigenvalue weighted by Gasteiger charge is -2.37. The van der Waals surface area contributed by atoms with E-state index in [1.807, 2.05) is 6.07 Å². The molecule has 1 saturated heterocycles. The predicted octanol–water partition coefficient (Wildman–Crippen LogP) is 4.30. The summed E-state index contributed by atoms with van der Waals surface area (Å²) in [5, 5.41) is 5.48. The van der Waals surface area contributed by atoms with Crippen LogP contribution in [-0.2, 0) is 6.42 Å². The summed E-state index contributed by atoms with van der Waals surface area (Å²) in [6.07, 6.45) is 7.84. The Hall–Kier alpha value is -2.38. The molecule has 2 atom stereocenters. The van der Waals surface area contributed by atoms with Gasteiger partial charge in [0.1, 0.15) is 4.88 Å². The van der Waals surface area contributed by atoms with Crippen molar-refractivity contribution in [3.63, 3.8) is 0 Å². The van der Waals surface area contributed by atoms with E-state index in [2.05, 4.69) is 70.4 Å². The van der Waals surface area contributed by atoms with E-state index in [1.165, 1.54) is 22.3 Å². The smallest absolute Gasteiger partial charge is 0.263 e. The van der Waals surface area contributed by atoms with Gasteiger partial charge in [0.2, 0.25) is 0 Å². The summed E-state index contributed by atoms with van der Waals surface area (Å²) in [6.45, 7) is 7.35. The van der Waals surface area contributed by atoms with Gasteiger partial charge in [-0.1, -0.05) is 49.3 Å². The number of piperazine rings is 1. The van der Waals surface area contributed by atoms with Crippen LogP contribution in [0.2, 0.25) is 0 Å². The van der Waals surface area contributed by atoms with E-state index in [0.29, 0.717) is 10.9 Å². The van der Waals surface area contributed by atoms with Gasteiger partial charge in [-0.15, -0.1) is 0 Å². The molecule has 0 radical (unpaired) electrons. The highest BCUT2D eigenvalue weighted by molar-refractivity contribution is 7.17. The highest BCUT2D eigenvalue weighted by Crippen LogP contribution is 2.25. The lowest BCUT2D eigenvalue weighted by molar-refractivity contribution is 0.0938. The molecule has 1 aromatic carbocycles. The number of aromatic amines is 1. The molecular formula is C24H33N5OS. The van der Waals surface area contributed by atoms with Crippen molar-refractivity contribution in [3.8, 4) is 0 Å². The average Bonchev–Trinajstić information content (AvgIpc) is 3.42. The third kappa shape index (κ3) is 5.10. The van der Waals surface area contributed by atoms with Crippen LogP contribution < -0.4 is 10.2 Å². The van der Waals surface area contributed by atoms with E-state index in [9.17, 15) is 4.79 Å². The molecule has 2 unspecified atom stereocenters. The highest BCUT2D eigenvalue weighted by Gasteiger charge is 2.24. The van der Waals surface area contributed by atoms with Crippen molar-refractivity contribution >= 4 is 33.3 Å². The first-order chi connectivity index (χ1) is 15.0. The van der Waals surface area contributed by atoms with Gasteiger partial charge < -0.3 is 20.1 Å². The van der Waals surface area contributed by atoms with Crippen LogP contribution in [0.4, 0.5) is 5.13 Å². The molecule has 166 valence electrons. The number of nitrogens with zero attached hydrogens (tertiary/aromatic N) is 3. The maximum absolute atomic E-state index is 13.0. The molecule has 6 nitrogen and oxygen atoms in total. The zero-order valence-electron chi connectivity index (χ0n) is 18.7. The van der Waals surface area contributed by atoms with E-state index >= 15 is 0 Å². The van der Waals surface area contributed by atoms with Crippen molar-refractivity contribution in [2.24, 2.45) is 0 Å². The number of anilines is 1. The van der Waals surface area contributed by atoms with E-state index in [1.54, 1.807) is 6.20 Å². The Labute approximate surface area is 188 Å². The van der Waals surface area contributed by atoms with Gasteiger partial charge in [0.05, 0.1) is 6.20 Å². The molecule has 2 N–H and O–H groups in total. The molecule has 7 heteroatoms. The highest BCUT2D eigenvalue weighted by atomic mass is 32.1. The fourth-order valence-corrected chi connectivity index (χ4v) is 5.09. The normalized spacial score (nSPS) is 18.4. The first-order valence-electron chi connectivity index (χ1n) is 11.3. The van der Waals surface area contributed by atoms with Crippen molar-refractivity contribution in [2.45, 2.75) is 51.6 Å². The number of benzene rings is 1. The summed E-state index contributed by atoms with van der Waals surface area (Å²) in [4.78, 5) is 26.3. The molecule has 1 aliphatic heterocycles. The predicted molar refractivity (Wildman–Crippen MR) is 129 cm³/mol. The van der Waals surface area contributed by atoms with E-state index in [4.69, 9.17) is 0 Å². The van der Waals surface area contributed by atoms with Crippen molar-refractivity contribution in [2.75, 3.05) is 31.6 Å². The summed E-state index contributed by atoms with van der Waals surface area (Å²) in [6, 6.07) is 8.95. The molecule has 0 saturated carbocycles. The maximum Gasteiger partial charge on any atom is 0.263 e. The molecule has 1 fully saturated rings. The second kappa shape index (κ2) is 9.83. The summed E-state index contributed by atoms with van der Waals surface area (Å²) in [5.41, 5.74) is 2.40. The third-order valence-corrected chi connectivity index (χ3v) is 7.39. The van der Waals surface area contributed by atoms with Gasteiger partial charge in [-0.2, -0.15) is 0 Å². The molecule has 2 aromatic heterocycles. The van der Waals surface area contributed by atoms with Crippen LogP contribution in [0.15, 0.2) is 36.7 Å². The number of H-pyrrole nitrogens is 1. The number of carbonyl (C=O) groups is 1. The molecule has 1 amide bonds. The fourth-order valence-electron chi connectivity index (χ4n) is 4.24. The van der Waals surface area contributed by atoms with Crippen molar-refractivity contribution in [1.29, 1.82) is 0 Å². The standard InChI is InChI=1S/C24H33N5OS/c1-4-5-8-19(13-18-14-25-21-10-7-6-9-20(18)21)27-23(30)22-15-26-24(31-22)29-12-11-28(3)17(2)16-29/h6-7,9-10,14-15,17,19,25H,4-5,8,11-13,16H2,1-3H3,(H,27,30). The number of amides is 1. The molecular weight excluding hydrogens is 406 g/mol. The summed E-state index contributed by atoms with van der Waals surface area (Å²) >= 11 is 1.51. The number of hydrogen-bond acceptors (Lipinski definition) is 5. The Balaban J connectivity index is 1.43. The van der Waals surface area contributed by atoms with Crippen molar-refractivity contribution in [1.82, 2.24) is 20.2 Å². The first kappa shape index (κ1) is 21.8. The molecule has 3 heterocycles. The zero-order valence-corrected chi connectivity index (χ0v) is 19.5. The van der Waals surface area contributed by atoms with Crippen LogP contribution >= 0.6 is 11.3 Å². The Kier molecular flexibility index (Phi) is 6.92. The Bertz CT molecular complexity index is 1010. The number of nitrogens with one attached hydrogen (secondary N) is 2. The molecule has 0 aliphatic carbocycles. The van der Waals surface area contributed by atoms with Gasteiger partial charge in [0.15, 0.2) is 5.13 Å². The Morgan fingerprint density at radius 2 is 2.19 bits per heavy atom. The molecule has 31 heavy (non-hydrogen) atoms. The van der Waals surface area contributed by atoms with Crippen LogP contribution in [-0.4, -0.2) is 59.5 Å². The monoisotopic (exact) mass is 439 g/mol. The summed E-state index contributed by atoms with van der Waals surface area (Å²) in [7, 11) is 2.16. The molecule has 3 aromatic rings. The van der Waals surface area contributed by atoms with Crippen molar-refractivity contribution < 1.29 is 4.79 Å². The Morgan fingerprint density at radius 1 is 1.35 bits per heavy atom.